The lowest BCUT2D eigenvalue weighted by Crippen LogP contribution is -2.12. The Morgan fingerprint density at radius 1 is 1.53 bits per heavy atom. The molecule has 94 valence electrons. The number of methoxy groups -OCH3 is 1. The number of carbonyl (C=O) groups is 1. The van der Waals surface area contributed by atoms with Crippen molar-refractivity contribution in [3.63, 3.8) is 0 Å². The number of aromatic nitrogens is 2. The monoisotopic (exact) mass is 236 g/mol. The number of allylic oxidation sites excluding steroid dienone is 1. The Bertz CT molecular complexity index is 447. The lowest BCUT2D eigenvalue weighted by molar-refractivity contribution is -0.142. The second kappa shape index (κ2) is 5.17. The van der Waals surface area contributed by atoms with Gasteiger partial charge in [-0.1, -0.05) is 12.2 Å². The first-order valence-electron chi connectivity index (χ1n) is 5.64. The van der Waals surface area contributed by atoms with Crippen LogP contribution in [0.3, 0.4) is 0 Å². The topological polar surface area (TPSA) is 44.1 Å². The van der Waals surface area contributed by atoms with E-state index >= 15 is 0 Å². The maximum atomic E-state index is 11.6. The van der Waals surface area contributed by atoms with Gasteiger partial charge in [0, 0.05) is 11.3 Å². The van der Waals surface area contributed by atoms with E-state index in [4.69, 9.17) is 4.74 Å². The van der Waals surface area contributed by atoms with Crippen molar-refractivity contribution < 1.29 is 9.53 Å². The van der Waals surface area contributed by atoms with Gasteiger partial charge in [-0.05, 0) is 27.7 Å². The molecule has 1 rings (SSSR count). The summed E-state index contributed by atoms with van der Waals surface area (Å²) < 4.78 is 6.65. The van der Waals surface area contributed by atoms with Gasteiger partial charge in [-0.25, -0.2) is 0 Å². The molecule has 4 nitrogen and oxygen atoms in total. The maximum Gasteiger partial charge on any atom is 0.312 e. The molecule has 17 heavy (non-hydrogen) atoms. The van der Waals surface area contributed by atoms with Gasteiger partial charge in [-0.2, -0.15) is 5.10 Å². The summed E-state index contributed by atoms with van der Waals surface area (Å²) in [5, 5.41) is 4.44. The summed E-state index contributed by atoms with van der Waals surface area (Å²) in [4.78, 5) is 11.6. The third kappa shape index (κ3) is 2.75. The molecule has 0 spiro atoms. The van der Waals surface area contributed by atoms with Crippen molar-refractivity contribution >= 4 is 5.97 Å². The van der Waals surface area contributed by atoms with Gasteiger partial charge >= 0.3 is 5.97 Å². The summed E-state index contributed by atoms with van der Waals surface area (Å²) in [5.74, 6) is -0.509. The summed E-state index contributed by atoms with van der Waals surface area (Å²) in [7, 11) is 1.40. The second-order valence-corrected chi connectivity index (χ2v) is 4.44. The molecule has 1 unspecified atom stereocenters. The quantitative estimate of drug-likeness (QED) is 0.595. The summed E-state index contributed by atoms with van der Waals surface area (Å²) in [6, 6.07) is 0. The molecule has 1 aromatic heterocycles. The Labute approximate surface area is 102 Å². The van der Waals surface area contributed by atoms with E-state index in [9.17, 15) is 4.79 Å². The van der Waals surface area contributed by atoms with Gasteiger partial charge in [-0.15, -0.1) is 0 Å². The minimum atomic E-state index is -0.279. The summed E-state index contributed by atoms with van der Waals surface area (Å²) in [6.45, 7) is 12.2. The Kier molecular flexibility index (Phi) is 4.10. The predicted molar refractivity (Wildman–Crippen MR) is 66.9 cm³/mol. The number of hydrogen-bond donors (Lipinski definition) is 0. The van der Waals surface area contributed by atoms with Crippen LogP contribution in [0.25, 0.3) is 0 Å². The highest BCUT2D eigenvalue weighted by Gasteiger charge is 2.23. The van der Waals surface area contributed by atoms with Gasteiger partial charge in [0.25, 0.3) is 0 Å². The predicted octanol–water partition coefficient (Wildman–Crippen LogP) is 2.35. The van der Waals surface area contributed by atoms with Crippen molar-refractivity contribution in [1.82, 2.24) is 9.78 Å². The van der Waals surface area contributed by atoms with Crippen molar-refractivity contribution in [2.45, 2.75) is 40.2 Å². The van der Waals surface area contributed by atoms with Crippen LogP contribution in [0, 0.1) is 13.8 Å². The zero-order chi connectivity index (χ0) is 13.2. The first-order chi connectivity index (χ1) is 7.88. The van der Waals surface area contributed by atoms with Crippen molar-refractivity contribution in [2.24, 2.45) is 0 Å². The highest BCUT2D eigenvalue weighted by atomic mass is 16.5. The molecule has 0 radical (unpaired) electrons. The summed E-state index contributed by atoms with van der Waals surface area (Å²) in [5.41, 5.74) is 3.87. The molecule has 0 aromatic carbocycles. The van der Waals surface area contributed by atoms with Crippen LogP contribution in [0.4, 0.5) is 0 Å². The van der Waals surface area contributed by atoms with Gasteiger partial charge in [0.15, 0.2) is 0 Å². The zero-order valence-electron chi connectivity index (χ0n) is 11.2. The average Bonchev–Trinajstić information content (AvgIpc) is 2.51. The fourth-order valence-corrected chi connectivity index (χ4v) is 2.04. The molecule has 0 N–H and O–H groups in total. The lowest BCUT2D eigenvalue weighted by Gasteiger charge is -2.10. The Morgan fingerprint density at radius 2 is 2.12 bits per heavy atom. The van der Waals surface area contributed by atoms with E-state index in [0.29, 0.717) is 6.54 Å². The van der Waals surface area contributed by atoms with E-state index in [1.807, 2.05) is 32.4 Å². The van der Waals surface area contributed by atoms with Crippen molar-refractivity contribution in [3.8, 4) is 0 Å². The van der Waals surface area contributed by atoms with Crippen LogP contribution in [-0.4, -0.2) is 22.9 Å². The third-order valence-corrected chi connectivity index (χ3v) is 2.84. The normalized spacial score (nSPS) is 12.3. The molecule has 1 aromatic rings. The van der Waals surface area contributed by atoms with E-state index in [1.54, 1.807) is 0 Å². The largest absolute Gasteiger partial charge is 0.469 e. The lowest BCUT2D eigenvalue weighted by atomic mass is 9.99. The van der Waals surface area contributed by atoms with Crippen LogP contribution in [0.1, 0.15) is 36.7 Å². The van der Waals surface area contributed by atoms with Gasteiger partial charge in [0.05, 0.1) is 25.3 Å². The van der Waals surface area contributed by atoms with Crippen molar-refractivity contribution in [3.05, 3.63) is 29.1 Å². The highest BCUT2D eigenvalue weighted by molar-refractivity contribution is 5.78. The second-order valence-electron chi connectivity index (χ2n) is 4.44. The minimum absolute atomic E-state index is 0.230. The number of esters is 1. The Balaban J connectivity index is 3.13. The number of hydrogen-bond acceptors (Lipinski definition) is 3. The van der Waals surface area contributed by atoms with E-state index < -0.39 is 0 Å². The smallest absolute Gasteiger partial charge is 0.312 e. The molecule has 0 aliphatic carbocycles. The minimum Gasteiger partial charge on any atom is -0.469 e. The number of nitrogens with zero attached hydrogens (tertiary/aromatic N) is 2. The molecule has 0 saturated heterocycles. The van der Waals surface area contributed by atoms with E-state index in [1.165, 1.54) is 7.11 Å². The van der Waals surface area contributed by atoms with Crippen LogP contribution in [0.15, 0.2) is 12.2 Å². The average molecular weight is 236 g/mol. The number of ether oxygens (including phenoxy) is 1. The standard InChI is InChI=1S/C13H20N2O2/c1-8(2)7-15-11(5)12(10(4)14-15)9(3)13(16)17-6/h9H,1,7H2,2-6H3. The SMILES string of the molecule is C=C(C)Cn1nc(C)c(C(C)C(=O)OC)c1C. The molecule has 0 bridgehead atoms. The zero-order valence-corrected chi connectivity index (χ0v) is 11.2. The molecule has 0 fully saturated rings. The molecule has 0 aliphatic heterocycles. The number of carbonyl (C=O) groups excluding carboxylic acids is 1. The number of rotatable bonds is 4. The van der Waals surface area contributed by atoms with Gasteiger partial charge in [0.1, 0.15) is 0 Å². The third-order valence-electron chi connectivity index (χ3n) is 2.84. The highest BCUT2D eigenvalue weighted by Crippen LogP contribution is 2.24. The molecule has 0 aliphatic rings. The van der Waals surface area contributed by atoms with Crippen molar-refractivity contribution in [2.75, 3.05) is 7.11 Å². The van der Waals surface area contributed by atoms with Gasteiger partial charge in [-0.3, -0.25) is 9.48 Å². The molecule has 1 atom stereocenters. The fourth-order valence-electron chi connectivity index (χ4n) is 2.04. The van der Waals surface area contributed by atoms with Crippen LogP contribution in [0.5, 0.6) is 0 Å². The summed E-state index contributed by atoms with van der Waals surface area (Å²) >= 11 is 0. The van der Waals surface area contributed by atoms with Crippen LogP contribution in [-0.2, 0) is 16.1 Å². The molecular formula is C13H20N2O2. The van der Waals surface area contributed by atoms with Crippen LogP contribution < -0.4 is 0 Å². The molecule has 0 saturated carbocycles. The fraction of sp³-hybridized carbons (Fsp3) is 0.538. The van der Waals surface area contributed by atoms with Crippen LogP contribution in [0.2, 0.25) is 0 Å². The first-order valence-corrected chi connectivity index (χ1v) is 5.64. The maximum absolute atomic E-state index is 11.6. The molecule has 4 heteroatoms. The van der Waals surface area contributed by atoms with E-state index in [-0.39, 0.29) is 11.9 Å². The Morgan fingerprint density at radius 3 is 2.59 bits per heavy atom. The van der Waals surface area contributed by atoms with Crippen LogP contribution >= 0.6 is 0 Å². The molecular weight excluding hydrogens is 216 g/mol. The van der Waals surface area contributed by atoms with Gasteiger partial charge < -0.3 is 4.74 Å². The van der Waals surface area contributed by atoms with E-state index in [0.717, 1.165) is 22.5 Å². The van der Waals surface area contributed by atoms with E-state index in [2.05, 4.69) is 11.7 Å². The summed E-state index contributed by atoms with van der Waals surface area (Å²) in [6.07, 6.45) is 0. The number of aryl methyl sites for hydroxylation is 1. The molecule has 1 heterocycles. The molecule has 0 amide bonds. The Hall–Kier alpha value is -1.58. The van der Waals surface area contributed by atoms with Gasteiger partial charge in [0.2, 0.25) is 0 Å². The van der Waals surface area contributed by atoms with Crippen molar-refractivity contribution in [1.29, 1.82) is 0 Å². The first kappa shape index (κ1) is 13.5.